The van der Waals surface area contributed by atoms with Gasteiger partial charge in [0.25, 0.3) is 0 Å². The van der Waals surface area contributed by atoms with E-state index < -0.39 is 41.9 Å². The molecule has 22 heavy (non-hydrogen) atoms. The Labute approximate surface area is 128 Å². The number of rotatable bonds is 7. The minimum Gasteiger partial charge on any atom is -0.466 e. The lowest BCUT2D eigenvalue weighted by Gasteiger charge is -2.39. The first-order valence-electron chi connectivity index (χ1n) is 7.17. The summed E-state index contributed by atoms with van der Waals surface area (Å²) in [4.78, 5) is 22.9. The summed E-state index contributed by atoms with van der Waals surface area (Å²) in [5, 5.41) is 11.0. The lowest BCUT2D eigenvalue weighted by Crippen LogP contribution is -2.50. The number of hydrogen-bond donors (Lipinski definition) is 0. The quantitative estimate of drug-likeness (QED) is 0.434. The number of nitrogens with zero attached hydrogens (tertiary/aromatic N) is 1. The van der Waals surface area contributed by atoms with Gasteiger partial charge in [-0.2, -0.15) is 0 Å². The van der Waals surface area contributed by atoms with Crippen LogP contribution in [0.5, 0.6) is 0 Å². The summed E-state index contributed by atoms with van der Waals surface area (Å²) in [6.45, 7) is 3.18. The predicted molar refractivity (Wildman–Crippen MR) is 76.6 cm³/mol. The van der Waals surface area contributed by atoms with Gasteiger partial charge in [0, 0.05) is 4.92 Å². The van der Waals surface area contributed by atoms with Gasteiger partial charge in [0.05, 0.1) is 12.5 Å². The molecule has 120 valence electrons. The molecule has 2 rings (SSSR count). The van der Waals surface area contributed by atoms with Crippen molar-refractivity contribution in [3.05, 3.63) is 46.0 Å². The van der Waals surface area contributed by atoms with Crippen LogP contribution < -0.4 is 0 Å². The van der Waals surface area contributed by atoms with Crippen LogP contribution >= 0.6 is 0 Å². The number of carbonyl (C=O) groups is 1. The summed E-state index contributed by atoms with van der Waals surface area (Å²) >= 11 is 0. The zero-order chi connectivity index (χ0) is 16.1. The molecule has 0 aromatic heterocycles. The molecule has 1 saturated heterocycles. The van der Waals surface area contributed by atoms with Gasteiger partial charge in [0.1, 0.15) is 5.92 Å². The molecule has 1 unspecified atom stereocenters. The molecule has 0 N–H and O–H groups in total. The molecule has 1 heterocycles. The predicted octanol–water partition coefficient (Wildman–Crippen LogP) is 1.95. The van der Waals surface area contributed by atoms with E-state index in [4.69, 9.17) is 14.2 Å². The zero-order valence-corrected chi connectivity index (χ0v) is 12.5. The van der Waals surface area contributed by atoms with Crippen LogP contribution in [0.4, 0.5) is 0 Å². The summed E-state index contributed by atoms with van der Waals surface area (Å²) in [5.74, 6) is -2.09. The Balaban J connectivity index is 2.30. The molecule has 2 atom stereocenters. The lowest BCUT2D eigenvalue weighted by atomic mass is 9.85. The third-order valence-electron chi connectivity index (χ3n) is 3.51. The van der Waals surface area contributed by atoms with Gasteiger partial charge >= 0.3 is 5.97 Å². The number of esters is 1. The van der Waals surface area contributed by atoms with Crippen LogP contribution in [-0.4, -0.2) is 36.6 Å². The second kappa shape index (κ2) is 7.33. The number of hydrogen-bond acceptors (Lipinski definition) is 6. The van der Waals surface area contributed by atoms with Crippen LogP contribution in [0.2, 0.25) is 0 Å². The van der Waals surface area contributed by atoms with Crippen molar-refractivity contribution in [3.63, 3.8) is 0 Å². The molecule has 0 radical (unpaired) electrons. The number of carbonyl (C=O) groups excluding carboxylic acids is 1. The average Bonchev–Trinajstić information content (AvgIpc) is 2.45. The molecule has 0 bridgehead atoms. The molecule has 0 spiro atoms. The van der Waals surface area contributed by atoms with Crippen LogP contribution in [0.25, 0.3) is 0 Å². The topological polar surface area (TPSA) is 87.9 Å². The van der Waals surface area contributed by atoms with Crippen molar-refractivity contribution in [2.45, 2.75) is 32.3 Å². The van der Waals surface area contributed by atoms with Gasteiger partial charge in [0.15, 0.2) is 12.6 Å². The molecule has 1 aliphatic rings. The van der Waals surface area contributed by atoms with E-state index >= 15 is 0 Å². The molecule has 0 aliphatic carbocycles. The first kappa shape index (κ1) is 16.4. The summed E-state index contributed by atoms with van der Waals surface area (Å²) in [5.41, 5.74) is 0.684. The molecule has 1 aliphatic heterocycles. The summed E-state index contributed by atoms with van der Waals surface area (Å²) in [6, 6.07) is 8.86. The molecule has 1 aromatic carbocycles. The molecule has 7 heteroatoms. The number of nitro groups is 1. The van der Waals surface area contributed by atoms with Crippen molar-refractivity contribution in [2.24, 2.45) is 5.92 Å². The van der Waals surface area contributed by atoms with Crippen molar-refractivity contribution < 1.29 is 23.9 Å². The lowest BCUT2D eigenvalue weighted by molar-refractivity contribution is -0.488. The van der Waals surface area contributed by atoms with E-state index in [1.54, 1.807) is 38.1 Å². The standard InChI is InChI=1S/C15H19NO6/c1-3-20-14(17)13(15-21-10(2)22-15)12(9-16(18)19)11-7-5-4-6-8-11/h4-8,10,12-13,15H,3,9H2,1-2H3/t10?,12-,13?,15?/m0/s1. The monoisotopic (exact) mass is 309 g/mol. The highest BCUT2D eigenvalue weighted by Gasteiger charge is 2.46. The highest BCUT2D eigenvalue weighted by Crippen LogP contribution is 2.35. The first-order valence-corrected chi connectivity index (χ1v) is 7.17. The van der Waals surface area contributed by atoms with Crippen LogP contribution in [0.1, 0.15) is 25.3 Å². The summed E-state index contributed by atoms with van der Waals surface area (Å²) in [7, 11) is 0. The van der Waals surface area contributed by atoms with Crippen LogP contribution in [0.3, 0.4) is 0 Å². The Hall–Kier alpha value is -1.99. The van der Waals surface area contributed by atoms with Gasteiger partial charge in [-0.1, -0.05) is 30.3 Å². The maximum Gasteiger partial charge on any atom is 0.315 e. The molecular formula is C15H19NO6. The Kier molecular flexibility index (Phi) is 5.46. The highest BCUT2D eigenvalue weighted by molar-refractivity contribution is 5.74. The van der Waals surface area contributed by atoms with Crippen LogP contribution in [0.15, 0.2) is 30.3 Å². The third kappa shape index (κ3) is 3.80. The van der Waals surface area contributed by atoms with Crippen molar-refractivity contribution >= 4 is 5.97 Å². The molecule has 1 fully saturated rings. The number of ether oxygens (including phenoxy) is 3. The third-order valence-corrected chi connectivity index (χ3v) is 3.51. The minimum absolute atomic E-state index is 0.192. The van der Waals surface area contributed by atoms with Gasteiger partial charge in [-0.15, -0.1) is 0 Å². The smallest absolute Gasteiger partial charge is 0.315 e. The Morgan fingerprint density at radius 1 is 1.36 bits per heavy atom. The number of benzene rings is 1. The van der Waals surface area contributed by atoms with E-state index in [2.05, 4.69) is 0 Å². The van der Waals surface area contributed by atoms with E-state index in [9.17, 15) is 14.9 Å². The van der Waals surface area contributed by atoms with E-state index in [1.807, 2.05) is 6.07 Å². The maximum atomic E-state index is 12.3. The Bertz CT molecular complexity index is 514. The summed E-state index contributed by atoms with van der Waals surface area (Å²) in [6.07, 6.45) is -1.24. The van der Waals surface area contributed by atoms with Crippen molar-refractivity contribution in [3.8, 4) is 0 Å². The highest BCUT2D eigenvalue weighted by atomic mass is 16.9. The zero-order valence-electron chi connectivity index (χ0n) is 12.5. The van der Waals surface area contributed by atoms with Crippen molar-refractivity contribution in [2.75, 3.05) is 13.2 Å². The van der Waals surface area contributed by atoms with Gasteiger partial charge in [-0.3, -0.25) is 14.9 Å². The molecule has 0 amide bonds. The molecule has 7 nitrogen and oxygen atoms in total. The van der Waals surface area contributed by atoms with Gasteiger partial charge in [0.2, 0.25) is 6.54 Å². The van der Waals surface area contributed by atoms with E-state index in [1.165, 1.54) is 0 Å². The first-order chi connectivity index (χ1) is 10.5. The largest absolute Gasteiger partial charge is 0.466 e. The molecule has 0 saturated carbocycles. The fraction of sp³-hybridized carbons (Fsp3) is 0.533. The minimum atomic E-state index is -0.871. The fourth-order valence-electron chi connectivity index (χ4n) is 2.55. The molecular weight excluding hydrogens is 290 g/mol. The van der Waals surface area contributed by atoms with Gasteiger partial charge < -0.3 is 14.2 Å². The summed E-state index contributed by atoms with van der Waals surface area (Å²) < 4.78 is 15.9. The van der Waals surface area contributed by atoms with Crippen LogP contribution in [0, 0.1) is 16.0 Å². The van der Waals surface area contributed by atoms with Gasteiger partial charge in [-0.25, -0.2) is 0 Å². The normalized spacial score (nSPS) is 23.2. The van der Waals surface area contributed by atoms with Crippen LogP contribution in [-0.2, 0) is 19.0 Å². The maximum absolute atomic E-state index is 12.3. The molecule has 1 aromatic rings. The fourth-order valence-corrected chi connectivity index (χ4v) is 2.55. The van der Waals surface area contributed by atoms with Crippen molar-refractivity contribution in [1.82, 2.24) is 0 Å². The second-order valence-corrected chi connectivity index (χ2v) is 5.02. The Morgan fingerprint density at radius 2 is 2.00 bits per heavy atom. The average molecular weight is 309 g/mol. The second-order valence-electron chi connectivity index (χ2n) is 5.02. The van der Waals surface area contributed by atoms with Gasteiger partial charge in [-0.05, 0) is 19.4 Å². The SMILES string of the molecule is CCOC(=O)C(C1OC(C)O1)[C@@H](C[N+](=O)[O-])c1ccccc1. The van der Waals surface area contributed by atoms with Crippen molar-refractivity contribution in [1.29, 1.82) is 0 Å². The van der Waals surface area contributed by atoms with E-state index in [0.29, 0.717) is 5.56 Å². The Morgan fingerprint density at radius 3 is 2.50 bits per heavy atom. The van der Waals surface area contributed by atoms with E-state index in [-0.39, 0.29) is 6.61 Å². The van der Waals surface area contributed by atoms with E-state index in [0.717, 1.165) is 0 Å².